The van der Waals surface area contributed by atoms with Crippen LogP contribution in [-0.4, -0.2) is 29.2 Å². The molecule has 0 saturated carbocycles. The number of nitrogens with one attached hydrogen (secondary N) is 3. The van der Waals surface area contributed by atoms with E-state index in [4.69, 9.17) is 21.0 Å². The first-order valence-corrected chi connectivity index (χ1v) is 7.32. The van der Waals surface area contributed by atoms with Gasteiger partial charge in [0.1, 0.15) is 5.75 Å². The van der Waals surface area contributed by atoms with E-state index < -0.39 is 18.1 Å². The van der Waals surface area contributed by atoms with Crippen molar-refractivity contribution in [3.05, 3.63) is 23.8 Å². The largest absolute Gasteiger partial charge is 0.481 e. The fourth-order valence-electron chi connectivity index (χ4n) is 2.49. The average molecular weight is 320 g/mol. The van der Waals surface area contributed by atoms with Crippen LogP contribution >= 0.6 is 0 Å². The van der Waals surface area contributed by atoms with Gasteiger partial charge in [-0.3, -0.25) is 15.0 Å². The predicted molar refractivity (Wildman–Crippen MR) is 84.3 cm³/mol. The molecule has 2 rings (SSSR count). The number of carboxylic acids is 1. The van der Waals surface area contributed by atoms with Crippen molar-refractivity contribution in [2.75, 3.05) is 5.32 Å². The lowest BCUT2D eigenvalue weighted by atomic mass is 9.90. The summed E-state index contributed by atoms with van der Waals surface area (Å²) in [5.41, 5.74) is 6.68. The molecule has 8 nitrogen and oxygen atoms in total. The summed E-state index contributed by atoms with van der Waals surface area (Å²) in [6.07, 6.45) is 0.216. The topological polar surface area (TPSA) is 138 Å². The second-order valence-electron chi connectivity index (χ2n) is 5.35. The van der Waals surface area contributed by atoms with Crippen molar-refractivity contribution in [2.24, 2.45) is 11.7 Å². The van der Waals surface area contributed by atoms with Gasteiger partial charge in [0.2, 0.25) is 5.91 Å². The monoisotopic (exact) mass is 320 g/mol. The number of anilines is 1. The van der Waals surface area contributed by atoms with E-state index in [1.165, 1.54) is 0 Å². The van der Waals surface area contributed by atoms with Crippen molar-refractivity contribution in [3.8, 4) is 5.75 Å². The van der Waals surface area contributed by atoms with Gasteiger partial charge in [-0.1, -0.05) is 19.1 Å². The van der Waals surface area contributed by atoms with Gasteiger partial charge in [-0.25, -0.2) is 0 Å². The van der Waals surface area contributed by atoms with Gasteiger partial charge in [-0.2, -0.15) is 0 Å². The SMILES string of the molecule is CCC(NC(=N)N)Oc1cccc2c1NC(=O)C(CC(=O)O)C2. The smallest absolute Gasteiger partial charge is 0.304 e. The van der Waals surface area contributed by atoms with Gasteiger partial charge in [-0.15, -0.1) is 0 Å². The van der Waals surface area contributed by atoms with E-state index in [1.54, 1.807) is 12.1 Å². The van der Waals surface area contributed by atoms with Crippen LogP contribution in [0.3, 0.4) is 0 Å². The molecule has 6 N–H and O–H groups in total. The van der Waals surface area contributed by atoms with Crippen LogP contribution in [0.1, 0.15) is 25.3 Å². The summed E-state index contributed by atoms with van der Waals surface area (Å²) in [6.45, 7) is 1.87. The Hall–Kier alpha value is -2.77. The number of carbonyl (C=O) groups excluding carboxylic acids is 1. The number of ether oxygens (including phenoxy) is 1. The Morgan fingerprint density at radius 3 is 2.96 bits per heavy atom. The number of fused-ring (bicyclic) bond motifs is 1. The first-order valence-electron chi connectivity index (χ1n) is 7.32. The summed E-state index contributed by atoms with van der Waals surface area (Å²) >= 11 is 0. The number of hydrogen-bond acceptors (Lipinski definition) is 4. The predicted octanol–water partition coefficient (Wildman–Crippen LogP) is 0.870. The zero-order chi connectivity index (χ0) is 17.0. The third-order valence-electron chi connectivity index (χ3n) is 3.58. The van der Waals surface area contributed by atoms with E-state index in [0.29, 0.717) is 24.3 Å². The highest BCUT2D eigenvalue weighted by Gasteiger charge is 2.30. The molecule has 0 aromatic heterocycles. The van der Waals surface area contributed by atoms with E-state index in [-0.39, 0.29) is 18.3 Å². The summed E-state index contributed by atoms with van der Waals surface area (Å²) in [5, 5.41) is 21.5. The molecule has 0 saturated heterocycles. The molecule has 1 aromatic rings. The Morgan fingerprint density at radius 1 is 1.61 bits per heavy atom. The van der Waals surface area contributed by atoms with Crippen molar-refractivity contribution in [1.82, 2.24) is 5.32 Å². The van der Waals surface area contributed by atoms with E-state index in [0.717, 1.165) is 5.56 Å². The minimum absolute atomic E-state index is 0.202. The van der Waals surface area contributed by atoms with Gasteiger partial charge in [0.15, 0.2) is 12.2 Å². The maximum atomic E-state index is 12.1. The zero-order valence-corrected chi connectivity index (χ0v) is 12.8. The fourth-order valence-corrected chi connectivity index (χ4v) is 2.49. The number of aliphatic carboxylic acids is 1. The Kier molecular flexibility index (Phi) is 5.05. The number of carboxylic acid groups (broad SMARTS) is 1. The summed E-state index contributed by atoms with van der Waals surface area (Å²) in [7, 11) is 0. The quantitative estimate of drug-likeness (QED) is 0.299. The summed E-state index contributed by atoms with van der Waals surface area (Å²) in [4.78, 5) is 22.9. The van der Waals surface area contributed by atoms with E-state index in [2.05, 4.69) is 10.6 Å². The van der Waals surface area contributed by atoms with Crippen LogP contribution in [0, 0.1) is 11.3 Å². The van der Waals surface area contributed by atoms with Crippen molar-refractivity contribution >= 4 is 23.5 Å². The van der Waals surface area contributed by atoms with E-state index >= 15 is 0 Å². The van der Waals surface area contributed by atoms with Crippen LogP contribution in [0.4, 0.5) is 5.69 Å². The maximum absolute atomic E-state index is 12.1. The number of para-hydroxylation sites is 1. The Bertz CT molecular complexity index is 632. The third-order valence-corrected chi connectivity index (χ3v) is 3.58. The molecule has 2 atom stereocenters. The van der Waals surface area contributed by atoms with Crippen LogP contribution in [-0.2, 0) is 16.0 Å². The molecular weight excluding hydrogens is 300 g/mol. The van der Waals surface area contributed by atoms with Crippen LogP contribution in [0.2, 0.25) is 0 Å². The highest BCUT2D eigenvalue weighted by atomic mass is 16.5. The molecular formula is C15H20N4O4. The second kappa shape index (κ2) is 6.99. The molecule has 0 fully saturated rings. The number of guanidine groups is 1. The maximum Gasteiger partial charge on any atom is 0.304 e. The molecule has 1 amide bonds. The first kappa shape index (κ1) is 16.6. The molecule has 1 aromatic carbocycles. The van der Waals surface area contributed by atoms with Crippen molar-refractivity contribution in [1.29, 1.82) is 5.41 Å². The highest BCUT2D eigenvalue weighted by Crippen LogP contribution is 2.35. The number of nitrogens with two attached hydrogens (primary N) is 1. The Morgan fingerprint density at radius 2 is 2.35 bits per heavy atom. The summed E-state index contributed by atoms with van der Waals surface area (Å²) in [6, 6.07) is 5.32. The number of amides is 1. The molecule has 1 aliphatic rings. The van der Waals surface area contributed by atoms with Gasteiger partial charge >= 0.3 is 5.97 Å². The molecule has 23 heavy (non-hydrogen) atoms. The van der Waals surface area contributed by atoms with Gasteiger partial charge < -0.3 is 26.2 Å². The summed E-state index contributed by atoms with van der Waals surface area (Å²) in [5.74, 6) is -1.66. The third kappa shape index (κ3) is 4.12. The molecule has 0 aliphatic carbocycles. The standard InChI is InChI=1S/C15H20N4O4/c1-2-11(18-15(16)17)23-10-5-3-4-8-6-9(7-12(20)21)14(22)19-13(8)10/h3-5,9,11H,2,6-7H2,1H3,(H,19,22)(H,20,21)(H4,16,17,18). The molecule has 0 radical (unpaired) electrons. The Balaban J connectivity index is 2.21. The van der Waals surface area contributed by atoms with Crippen molar-refractivity contribution < 1.29 is 19.4 Å². The molecule has 0 bridgehead atoms. The summed E-state index contributed by atoms with van der Waals surface area (Å²) < 4.78 is 5.77. The molecule has 124 valence electrons. The highest BCUT2D eigenvalue weighted by molar-refractivity contribution is 5.98. The first-order chi connectivity index (χ1) is 10.9. The zero-order valence-electron chi connectivity index (χ0n) is 12.8. The number of hydrogen-bond donors (Lipinski definition) is 5. The Labute approximate surface area is 133 Å². The van der Waals surface area contributed by atoms with Crippen molar-refractivity contribution in [3.63, 3.8) is 0 Å². The lowest BCUT2D eigenvalue weighted by Crippen LogP contribution is -2.42. The van der Waals surface area contributed by atoms with E-state index in [9.17, 15) is 9.59 Å². The van der Waals surface area contributed by atoms with Crippen LogP contribution in [0.15, 0.2) is 18.2 Å². The minimum Gasteiger partial charge on any atom is -0.481 e. The normalized spacial score (nSPS) is 17.6. The van der Waals surface area contributed by atoms with Crippen LogP contribution in [0.25, 0.3) is 0 Å². The van der Waals surface area contributed by atoms with Crippen LogP contribution in [0.5, 0.6) is 5.75 Å². The lowest BCUT2D eigenvalue weighted by molar-refractivity contribution is -0.140. The molecule has 0 spiro atoms. The van der Waals surface area contributed by atoms with Crippen LogP contribution < -0.4 is 21.1 Å². The van der Waals surface area contributed by atoms with E-state index in [1.807, 2.05) is 13.0 Å². The molecule has 1 heterocycles. The lowest BCUT2D eigenvalue weighted by Gasteiger charge is -2.27. The molecule has 1 aliphatic heterocycles. The van der Waals surface area contributed by atoms with Crippen molar-refractivity contribution in [2.45, 2.75) is 32.4 Å². The fraction of sp³-hybridized carbons (Fsp3) is 0.400. The average Bonchev–Trinajstić information content (AvgIpc) is 2.47. The second-order valence-corrected chi connectivity index (χ2v) is 5.35. The number of rotatable bonds is 6. The van der Waals surface area contributed by atoms with Gasteiger partial charge in [0, 0.05) is 6.42 Å². The number of carbonyl (C=O) groups is 2. The van der Waals surface area contributed by atoms with Gasteiger partial charge in [-0.05, 0) is 18.1 Å². The minimum atomic E-state index is -1.00. The molecule has 2 unspecified atom stereocenters. The van der Waals surface area contributed by atoms with Gasteiger partial charge in [0.25, 0.3) is 0 Å². The number of benzene rings is 1. The van der Waals surface area contributed by atoms with Gasteiger partial charge in [0.05, 0.1) is 18.0 Å². The molecule has 8 heteroatoms.